The molecule has 2 aromatic heterocycles. The van der Waals surface area contributed by atoms with Gasteiger partial charge in [0.25, 0.3) is 0 Å². The van der Waals surface area contributed by atoms with E-state index in [2.05, 4.69) is 46.9 Å². The van der Waals surface area contributed by atoms with Crippen LogP contribution in [0, 0.1) is 6.92 Å². The fourth-order valence-corrected chi connectivity index (χ4v) is 2.31. The van der Waals surface area contributed by atoms with Crippen LogP contribution in [0.5, 0.6) is 0 Å². The smallest absolute Gasteiger partial charge is 0.0571 e. The number of hydrogen-bond donors (Lipinski definition) is 1. The van der Waals surface area contributed by atoms with Crippen LogP contribution in [0.1, 0.15) is 37.9 Å². The zero-order valence-electron chi connectivity index (χ0n) is 12.7. The molecule has 0 saturated carbocycles. The Morgan fingerprint density at radius 3 is 2.75 bits per heavy atom. The third-order valence-electron chi connectivity index (χ3n) is 3.40. The highest BCUT2D eigenvalue weighted by Crippen LogP contribution is 2.23. The van der Waals surface area contributed by atoms with E-state index in [1.807, 2.05) is 18.6 Å². The van der Waals surface area contributed by atoms with Crippen LogP contribution >= 0.6 is 0 Å². The van der Waals surface area contributed by atoms with E-state index in [1.165, 1.54) is 16.8 Å². The Bertz CT molecular complexity index is 545. The molecule has 2 heterocycles. The predicted molar refractivity (Wildman–Crippen MR) is 82.5 cm³/mol. The van der Waals surface area contributed by atoms with Crippen molar-refractivity contribution in [3.63, 3.8) is 0 Å². The summed E-state index contributed by atoms with van der Waals surface area (Å²) >= 11 is 0. The molecule has 4 heteroatoms. The highest BCUT2D eigenvalue weighted by Gasteiger charge is 2.09. The second-order valence-electron chi connectivity index (χ2n) is 5.13. The number of nitrogens with zero attached hydrogens (tertiary/aromatic N) is 3. The first-order valence-corrected chi connectivity index (χ1v) is 7.43. The van der Waals surface area contributed by atoms with E-state index in [1.54, 1.807) is 0 Å². The van der Waals surface area contributed by atoms with E-state index in [-0.39, 0.29) is 0 Å². The number of nitrogens with one attached hydrogen (secondary N) is 1. The summed E-state index contributed by atoms with van der Waals surface area (Å²) in [6.45, 7) is 9.35. The number of aryl methyl sites for hydroxylation is 1. The summed E-state index contributed by atoms with van der Waals surface area (Å²) in [5.41, 5.74) is 4.77. The Hall–Kier alpha value is -1.68. The van der Waals surface area contributed by atoms with Gasteiger partial charge in [-0.05, 0) is 37.9 Å². The van der Waals surface area contributed by atoms with Crippen LogP contribution in [0.2, 0.25) is 0 Å². The van der Waals surface area contributed by atoms with E-state index in [4.69, 9.17) is 0 Å². The van der Waals surface area contributed by atoms with Crippen molar-refractivity contribution in [2.75, 3.05) is 6.54 Å². The molecule has 20 heavy (non-hydrogen) atoms. The van der Waals surface area contributed by atoms with Gasteiger partial charge >= 0.3 is 0 Å². The summed E-state index contributed by atoms with van der Waals surface area (Å²) in [4.78, 5) is 4.36. The van der Waals surface area contributed by atoms with Crippen LogP contribution in [0.4, 0.5) is 0 Å². The van der Waals surface area contributed by atoms with E-state index in [9.17, 15) is 0 Å². The summed E-state index contributed by atoms with van der Waals surface area (Å²) in [5, 5.41) is 7.87. The lowest BCUT2D eigenvalue weighted by molar-refractivity contribution is 0.587. The van der Waals surface area contributed by atoms with Crippen molar-refractivity contribution in [3.8, 4) is 11.1 Å². The normalized spacial score (nSPS) is 10.9. The Labute approximate surface area is 121 Å². The van der Waals surface area contributed by atoms with Gasteiger partial charge in [0.1, 0.15) is 0 Å². The molecule has 0 aliphatic carbocycles. The lowest BCUT2D eigenvalue weighted by Crippen LogP contribution is -2.13. The number of pyridine rings is 1. The van der Waals surface area contributed by atoms with Gasteiger partial charge in [0.2, 0.25) is 0 Å². The first-order valence-electron chi connectivity index (χ1n) is 7.43. The third-order valence-corrected chi connectivity index (χ3v) is 3.40. The first kappa shape index (κ1) is 14.7. The summed E-state index contributed by atoms with van der Waals surface area (Å²) in [6.07, 6.45) is 8.05. The molecule has 0 aliphatic rings. The van der Waals surface area contributed by atoms with Crippen LogP contribution in [-0.2, 0) is 13.1 Å². The van der Waals surface area contributed by atoms with Gasteiger partial charge in [-0.25, -0.2) is 0 Å². The van der Waals surface area contributed by atoms with Gasteiger partial charge in [0.05, 0.1) is 6.20 Å². The average Bonchev–Trinajstić information content (AvgIpc) is 2.82. The molecule has 2 aromatic rings. The predicted octanol–water partition coefficient (Wildman–Crippen LogP) is 3.16. The topological polar surface area (TPSA) is 42.7 Å². The molecule has 0 aliphatic heterocycles. The second kappa shape index (κ2) is 7.20. The molecule has 0 amide bonds. The van der Waals surface area contributed by atoms with Gasteiger partial charge in [-0.1, -0.05) is 13.8 Å². The lowest BCUT2D eigenvalue weighted by Gasteiger charge is -2.06. The third kappa shape index (κ3) is 3.45. The first-order chi connectivity index (χ1) is 9.76. The van der Waals surface area contributed by atoms with Gasteiger partial charge in [0.15, 0.2) is 0 Å². The lowest BCUT2D eigenvalue weighted by atomic mass is 10.1. The summed E-state index contributed by atoms with van der Waals surface area (Å²) in [7, 11) is 0. The Morgan fingerprint density at radius 1 is 1.15 bits per heavy atom. The SMILES string of the molecule is CCCNCc1cncc(-c2cnn(CCC)c2C)c1. The van der Waals surface area contributed by atoms with E-state index < -0.39 is 0 Å². The van der Waals surface area contributed by atoms with Crippen molar-refractivity contribution >= 4 is 0 Å². The molecular weight excluding hydrogens is 248 g/mol. The molecule has 0 radical (unpaired) electrons. The molecule has 108 valence electrons. The van der Waals surface area contributed by atoms with Crippen molar-refractivity contribution in [3.05, 3.63) is 35.9 Å². The fourth-order valence-electron chi connectivity index (χ4n) is 2.31. The second-order valence-corrected chi connectivity index (χ2v) is 5.13. The molecule has 0 spiro atoms. The van der Waals surface area contributed by atoms with Crippen molar-refractivity contribution in [1.82, 2.24) is 20.1 Å². The molecule has 0 bridgehead atoms. The fraction of sp³-hybridized carbons (Fsp3) is 0.500. The average molecular weight is 272 g/mol. The van der Waals surface area contributed by atoms with Crippen molar-refractivity contribution in [1.29, 1.82) is 0 Å². The summed E-state index contributed by atoms with van der Waals surface area (Å²) in [5.74, 6) is 0. The van der Waals surface area contributed by atoms with E-state index >= 15 is 0 Å². The molecule has 0 aromatic carbocycles. The van der Waals surface area contributed by atoms with Crippen molar-refractivity contribution in [2.45, 2.75) is 46.7 Å². The van der Waals surface area contributed by atoms with E-state index in [0.29, 0.717) is 0 Å². The monoisotopic (exact) mass is 272 g/mol. The maximum Gasteiger partial charge on any atom is 0.0571 e. The number of rotatable bonds is 7. The van der Waals surface area contributed by atoms with Crippen LogP contribution in [0.3, 0.4) is 0 Å². The van der Waals surface area contributed by atoms with Gasteiger partial charge in [-0.15, -0.1) is 0 Å². The van der Waals surface area contributed by atoms with Crippen molar-refractivity contribution < 1.29 is 0 Å². The molecule has 0 atom stereocenters. The molecule has 0 fully saturated rings. The van der Waals surface area contributed by atoms with Crippen LogP contribution < -0.4 is 5.32 Å². The molecular formula is C16H24N4. The van der Waals surface area contributed by atoms with Gasteiger partial charge < -0.3 is 5.32 Å². The molecule has 0 unspecified atom stereocenters. The molecule has 2 rings (SSSR count). The number of aromatic nitrogens is 3. The molecule has 4 nitrogen and oxygen atoms in total. The highest BCUT2D eigenvalue weighted by atomic mass is 15.3. The maximum atomic E-state index is 4.46. The summed E-state index contributed by atoms with van der Waals surface area (Å²) in [6, 6.07) is 2.20. The maximum absolute atomic E-state index is 4.46. The Morgan fingerprint density at radius 2 is 2.00 bits per heavy atom. The Kier molecular flexibility index (Phi) is 5.30. The quantitative estimate of drug-likeness (QED) is 0.787. The minimum Gasteiger partial charge on any atom is -0.313 e. The highest BCUT2D eigenvalue weighted by molar-refractivity contribution is 5.64. The van der Waals surface area contributed by atoms with Crippen molar-refractivity contribution in [2.24, 2.45) is 0 Å². The molecule has 0 saturated heterocycles. The minimum absolute atomic E-state index is 0.872. The molecule has 1 N–H and O–H groups in total. The van der Waals surface area contributed by atoms with Gasteiger partial charge in [0, 0.05) is 42.3 Å². The minimum atomic E-state index is 0.872. The zero-order valence-corrected chi connectivity index (χ0v) is 12.7. The van der Waals surface area contributed by atoms with Crippen LogP contribution in [-0.4, -0.2) is 21.3 Å². The standard InChI is InChI=1S/C16H24N4/c1-4-6-17-9-14-8-15(11-18-10-14)16-12-19-20(7-5-2)13(16)3/h8,10-12,17H,4-7,9H2,1-3H3. The Balaban J connectivity index is 2.18. The largest absolute Gasteiger partial charge is 0.313 e. The van der Waals surface area contributed by atoms with E-state index in [0.717, 1.165) is 38.0 Å². The van der Waals surface area contributed by atoms with Gasteiger partial charge in [-0.2, -0.15) is 5.10 Å². The summed E-state index contributed by atoms with van der Waals surface area (Å²) < 4.78 is 2.07. The zero-order chi connectivity index (χ0) is 14.4. The van der Waals surface area contributed by atoms with Crippen LogP contribution in [0.25, 0.3) is 11.1 Å². The van der Waals surface area contributed by atoms with Gasteiger partial charge in [-0.3, -0.25) is 9.67 Å². The number of hydrogen-bond acceptors (Lipinski definition) is 3. The van der Waals surface area contributed by atoms with Crippen LogP contribution in [0.15, 0.2) is 24.7 Å².